The summed E-state index contributed by atoms with van der Waals surface area (Å²) in [6.45, 7) is 6.63. The van der Waals surface area contributed by atoms with E-state index in [9.17, 15) is 14.4 Å². The molecule has 1 atom stereocenters. The molecule has 0 rings (SSSR count). The predicted octanol–water partition coefficient (Wildman–Crippen LogP) is 21.4. The lowest BCUT2D eigenvalue weighted by Crippen LogP contribution is -2.30. The van der Waals surface area contributed by atoms with Crippen LogP contribution in [0.15, 0.2) is 24.3 Å². The van der Waals surface area contributed by atoms with Gasteiger partial charge in [0.25, 0.3) is 0 Å². The zero-order chi connectivity index (χ0) is 51.4. The molecule has 71 heavy (non-hydrogen) atoms. The molecule has 0 saturated heterocycles. The lowest BCUT2D eigenvalue weighted by molar-refractivity contribution is -0.167. The quantitative estimate of drug-likeness (QED) is 0.0261. The molecule has 0 spiro atoms. The Kier molecular flexibility index (Phi) is 58.6. The summed E-state index contributed by atoms with van der Waals surface area (Å²) in [5, 5.41) is 0. The molecule has 0 radical (unpaired) electrons. The number of ether oxygens (including phenoxy) is 3. The van der Waals surface area contributed by atoms with Crippen molar-refractivity contribution < 1.29 is 28.6 Å². The van der Waals surface area contributed by atoms with Gasteiger partial charge in [0, 0.05) is 19.3 Å². The molecule has 1 unspecified atom stereocenters. The maximum Gasteiger partial charge on any atom is 0.306 e. The van der Waals surface area contributed by atoms with Gasteiger partial charge in [-0.15, -0.1) is 0 Å². The van der Waals surface area contributed by atoms with E-state index in [4.69, 9.17) is 14.2 Å². The Bertz CT molecular complexity index is 1150. The summed E-state index contributed by atoms with van der Waals surface area (Å²) in [6.07, 6.45) is 72.3. The van der Waals surface area contributed by atoms with Crippen molar-refractivity contribution in [3.63, 3.8) is 0 Å². The molecular weight excluding hydrogens is 877 g/mol. The molecule has 0 heterocycles. The van der Waals surface area contributed by atoms with Gasteiger partial charge in [0.05, 0.1) is 0 Å². The number of allylic oxidation sites excluding steroid dienone is 4. The second kappa shape index (κ2) is 60.4. The summed E-state index contributed by atoms with van der Waals surface area (Å²) in [7, 11) is 0. The van der Waals surface area contributed by atoms with Gasteiger partial charge in [-0.25, -0.2) is 0 Å². The molecule has 0 aromatic rings. The zero-order valence-electron chi connectivity index (χ0n) is 48.0. The highest BCUT2D eigenvalue weighted by molar-refractivity contribution is 5.71. The second-order valence-electron chi connectivity index (χ2n) is 21.7. The smallest absolute Gasteiger partial charge is 0.306 e. The van der Waals surface area contributed by atoms with Gasteiger partial charge < -0.3 is 14.2 Å². The van der Waals surface area contributed by atoms with Crippen molar-refractivity contribution >= 4 is 17.9 Å². The standard InChI is InChI=1S/C65H122O6/c1-4-7-10-13-16-18-20-22-23-24-25-26-27-28-29-30-31-32-33-34-35-36-37-38-39-40-41-43-44-46-49-52-55-58-64(67)70-61-62(60-69-63(66)57-54-51-48-15-12-9-6-3)71-65(68)59-56-53-50-47-45-42-21-19-17-14-11-8-5-2/h20,22,24-25,62H,4-19,21,23,26-61H2,1-3H3/b22-20-,25-24-. The number of carbonyl (C=O) groups is 3. The molecule has 6 nitrogen and oxygen atoms in total. The maximum atomic E-state index is 12.8. The minimum absolute atomic E-state index is 0.0644. The van der Waals surface area contributed by atoms with Gasteiger partial charge in [-0.1, -0.05) is 308 Å². The van der Waals surface area contributed by atoms with Crippen molar-refractivity contribution in [2.45, 2.75) is 361 Å². The lowest BCUT2D eigenvalue weighted by Gasteiger charge is -2.18. The van der Waals surface area contributed by atoms with Crippen molar-refractivity contribution in [3.8, 4) is 0 Å². The van der Waals surface area contributed by atoms with Crippen LogP contribution >= 0.6 is 0 Å². The largest absolute Gasteiger partial charge is 0.462 e. The third kappa shape index (κ3) is 58.7. The van der Waals surface area contributed by atoms with Gasteiger partial charge in [0.1, 0.15) is 13.2 Å². The van der Waals surface area contributed by atoms with E-state index >= 15 is 0 Å². The summed E-state index contributed by atoms with van der Waals surface area (Å²) in [6, 6.07) is 0. The van der Waals surface area contributed by atoms with Crippen LogP contribution in [0.4, 0.5) is 0 Å². The Labute approximate surface area is 443 Å². The predicted molar refractivity (Wildman–Crippen MR) is 307 cm³/mol. The number of carbonyl (C=O) groups excluding carboxylic acids is 3. The Morgan fingerprint density at radius 2 is 0.507 bits per heavy atom. The minimum Gasteiger partial charge on any atom is -0.462 e. The average Bonchev–Trinajstić information content (AvgIpc) is 3.37. The molecule has 0 aromatic heterocycles. The van der Waals surface area contributed by atoms with Crippen LogP contribution in [0.25, 0.3) is 0 Å². The maximum absolute atomic E-state index is 12.8. The van der Waals surface area contributed by atoms with Crippen molar-refractivity contribution in [1.29, 1.82) is 0 Å². The molecule has 6 heteroatoms. The molecule has 0 aliphatic heterocycles. The number of unbranched alkanes of at least 4 members (excludes halogenated alkanes) is 44. The lowest BCUT2D eigenvalue weighted by atomic mass is 10.0. The number of hydrogen-bond acceptors (Lipinski definition) is 6. The van der Waals surface area contributed by atoms with E-state index in [1.165, 1.54) is 250 Å². The Morgan fingerprint density at radius 1 is 0.282 bits per heavy atom. The first-order valence-corrected chi connectivity index (χ1v) is 31.8. The van der Waals surface area contributed by atoms with Crippen LogP contribution in [0, 0.1) is 0 Å². The fourth-order valence-corrected chi connectivity index (χ4v) is 9.65. The molecular formula is C65H122O6. The number of hydrogen-bond donors (Lipinski definition) is 0. The van der Waals surface area contributed by atoms with Crippen molar-refractivity contribution in [1.82, 2.24) is 0 Å². The summed E-state index contributed by atoms with van der Waals surface area (Å²) < 4.78 is 16.8. The molecule has 0 saturated carbocycles. The minimum atomic E-state index is -0.762. The van der Waals surface area contributed by atoms with E-state index in [0.717, 1.165) is 64.2 Å². The van der Waals surface area contributed by atoms with Crippen LogP contribution in [0.2, 0.25) is 0 Å². The SMILES string of the molecule is CCCCCCC/C=C\C/C=C\CCCCCCCCCCCCCCCCCCCCCCCC(=O)OCC(COC(=O)CCCCCCCCC)OC(=O)CCCCCCCCCCCCCCC. The van der Waals surface area contributed by atoms with E-state index in [0.29, 0.717) is 19.3 Å². The monoisotopic (exact) mass is 999 g/mol. The molecule has 418 valence electrons. The fourth-order valence-electron chi connectivity index (χ4n) is 9.65. The highest BCUT2D eigenvalue weighted by atomic mass is 16.6. The van der Waals surface area contributed by atoms with Gasteiger partial charge in [0.2, 0.25) is 0 Å². The number of rotatable bonds is 59. The first kappa shape index (κ1) is 68.9. The van der Waals surface area contributed by atoms with E-state index in [1.807, 2.05) is 0 Å². The third-order valence-corrected chi connectivity index (χ3v) is 14.5. The normalized spacial score (nSPS) is 12.1. The summed E-state index contributed by atoms with van der Waals surface area (Å²) in [5.74, 6) is -0.849. The Balaban J connectivity index is 3.91. The van der Waals surface area contributed by atoms with Crippen LogP contribution in [0.1, 0.15) is 355 Å². The van der Waals surface area contributed by atoms with E-state index < -0.39 is 6.10 Å². The van der Waals surface area contributed by atoms with Crippen molar-refractivity contribution in [2.24, 2.45) is 0 Å². The van der Waals surface area contributed by atoms with Gasteiger partial charge in [0.15, 0.2) is 6.10 Å². The van der Waals surface area contributed by atoms with Crippen molar-refractivity contribution in [3.05, 3.63) is 24.3 Å². The highest BCUT2D eigenvalue weighted by Crippen LogP contribution is 2.18. The first-order valence-electron chi connectivity index (χ1n) is 31.8. The molecule has 0 aromatic carbocycles. The van der Waals surface area contributed by atoms with Crippen molar-refractivity contribution in [2.75, 3.05) is 13.2 Å². The summed E-state index contributed by atoms with van der Waals surface area (Å²) in [4.78, 5) is 37.9. The molecule has 0 fully saturated rings. The second-order valence-corrected chi connectivity index (χ2v) is 21.7. The zero-order valence-corrected chi connectivity index (χ0v) is 48.0. The van der Waals surface area contributed by atoms with Crippen LogP contribution in [0.5, 0.6) is 0 Å². The van der Waals surface area contributed by atoms with Gasteiger partial charge in [-0.3, -0.25) is 14.4 Å². The molecule has 0 N–H and O–H groups in total. The fraction of sp³-hybridized carbons (Fsp3) is 0.892. The van der Waals surface area contributed by atoms with Crippen LogP contribution in [0.3, 0.4) is 0 Å². The Morgan fingerprint density at radius 3 is 0.775 bits per heavy atom. The van der Waals surface area contributed by atoms with Crippen LogP contribution in [-0.4, -0.2) is 37.2 Å². The van der Waals surface area contributed by atoms with Gasteiger partial charge in [-0.2, -0.15) is 0 Å². The van der Waals surface area contributed by atoms with Crippen LogP contribution in [-0.2, 0) is 28.6 Å². The van der Waals surface area contributed by atoms with Crippen LogP contribution < -0.4 is 0 Å². The third-order valence-electron chi connectivity index (χ3n) is 14.5. The molecule has 0 bridgehead atoms. The molecule has 0 amide bonds. The Hall–Kier alpha value is -2.11. The van der Waals surface area contributed by atoms with E-state index in [2.05, 4.69) is 45.1 Å². The van der Waals surface area contributed by atoms with E-state index in [1.54, 1.807) is 0 Å². The molecule has 0 aliphatic carbocycles. The summed E-state index contributed by atoms with van der Waals surface area (Å²) in [5.41, 5.74) is 0. The first-order chi connectivity index (χ1) is 35.0. The topological polar surface area (TPSA) is 78.9 Å². The van der Waals surface area contributed by atoms with Gasteiger partial charge in [-0.05, 0) is 51.4 Å². The highest BCUT2D eigenvalue weighted by Gasteiger charge is 2.19. The van der Waals surface area contributed by atoms with E-state index in [-0.39, 0.29) is 31.1 Å². The summed E-state index contributed by atoms with van der Waals surface area (Å²) >= 11 is 0. The average molecular weight is 1000 g/mol. The molecule has 0 aliphatic rings. The van der Waals surface area contributed by atoms with Gasteiger partial charge >= 0.3 is 17.9 Å². The number of esters is 3.